The quantitative estimate of drug-likeness (QED) is 0.867. The minimum absolute atomic E-state index is 0.205. The van der Waals surface area contributed by atoms with E-state index in [1.165, 1.54) is 5.56 Å². The smallest absolute Gasteiger partial charge is 0.143 e. The lowest BCUT2D eigenvalue weighted by Gasteiger charge is -2.21. The normalized spacial score (nSPS) is 22.7. The second-order valence-electron chi connectivity index (χ2n) is 4.61. The Kier molecular flexibility index (Phi) is 2.67. The molecule has 1 aliphatic heterocycles. The monoisotopic (exact) mass is 257 g/mol. The fourth-order valence-corrected chi connectivity index (χ4v) is 3.02. The van der Waals surface area contributed by atoms with Crippen LogP contribution in [0.2, 0.25) is 0 Å². The number of aryl methyl sites for hydroxylation is 1. The number of nitrogens with zero attached hydrogens (tertiary/aromatic N) is 1. The second kappa shape index (κ2) is 4.21. The first-order valence-electron chi connectivity index (χ1n) is 5.92. The van der Waals surface area contributed by atoms with Gasteiger partial charge in [0, 0.05) is 11.8 Å². The van der Waals surface area contributed by atoms with Crippen LogP contribution in [-0.4, -0.2) is 10.0 Å². The topological polar surface area (TPSA) is 40.2 Å². The molecule has 2 heterocycles. The number of aromatic amines is 1. The number of hydrogen-bond acceptors (Lipinski definition) is 3. The van der Waals surface area contributed by atoms with Gasteiger partial charge in [-0.1, -0.05) is 41.6 Å². The maximum absolute atomic E-state index is 4.45. The number of thioether (sulfide) groups is 1. The molecule has 3 rings (SSSR count). The van der Waals surface area contributed by atoms with Gasteiger partial charge in [-0.05, 0) is 26.0 Å². The van der Waals surface area contributed by atoms with Crippen LogP contribution in [0.25, 0.3) is 0 Å². The van der Waals surface area contributed by atoms with E-state index in [2.05, 4.69) is 59.7 Å². The van der Waals surface area contributed by atoms with E-state index in [9.17, 15) is 0 Å². The summed E-state index contributed by atoms with van der Waals surface area (Å²) in [6.45, 7) is 4.23. The molecule has 1 atom stereocenters. The largest absolute Gasteiger partial charge is 0.362 e. The lowest BCUT2D eigenvalue weighted by molar-refractivity contribution is 0.550. The highest BCUT2D eigenvalue weighted by atomic mass is 32.2. The summed E-state index contributed by atoms with van der Waals surface area (Å²) in [7, 11) is 0. The van der Waals surface area contributed by atoms with Crippen LogP contribution in [0.3, 0.4) is 0 Å². The molecule has 0 saturated heterocycles. The zero-order valence-corrected chi connectivity index (χ0v) is 11.2. The fourth-order valence-electron chi connectivity index (χ4n) is 1.96. The molecular weight excluding hydrogens is 242 g/mol. The van der Waals surface area contributed by atoms with Gasteiger partial charge in [-0.2, -0.15) is 5.10 Å². The molecule has 0 bridgehead atoms. The van der Waals surface area contributed by atoms with E-state index in [-0.39, 0.29) is 4.87 Å². The zero-order chi connectivity index (χ0) is 12.6. The molecule has 2 aromatic rings. The van der Waals surface area contributed by atoms with Crippen molar-refractivity contribution in [2.75, 3.05) is 0 Å². The highest BCUT2D eigenvalue weighted by molar-refractivity contribution is 8.15. The molecule has 1 aliphatic rings. The van der Waals surface area contributed by atoms with Crippen LogP contribution in [0.5, 0.6) is 0 Å². The van der Waals surface area contributed by atoms with Crippen LogP contribution < -0.4 is 5.43 Å². The minimum atomic E-state index is -0.205. The highest BCUT2D eigenvalue weighted by Crippen LogP contribution is 2.39. The Bertz CT molecular complexity index is 572. The van der Waals surface area contributed by atoms with E-state index in [0.717, 1.165) is 16.3 Å². The van der Waals surface area contributed by atoms with Crippen LogP contribution in [0.4, 0.5) is 0 Å². The number of hydrogen-bond donors (Lipinski definition) is 2. The lowest BCUT2D eigenvalue weighted by atomic mass is 10.2. The van der Waals surface area contributed by atoms with E-state index in [1.807, 2.05) is 12.3 Å². The molecule has 1 unspecified atom stereocenters. The molecule has 2 N–H and O–H groups in total. The number of nitrogens with one attached hydrogen (secondary N) is 2. The van der Waals surface area contributed by atoms with Gasteiger partial charge in [-0.3, -0.25) is 5.43 Å². The Morgan fingerprint density at radius 2 is 1.94 bits per heavy atom. The Morgan fingerprint density at radius 3 is 2.61 bits per heavy atom. The summed E-state index contributed by atoms with van der Waals surface area (Å²) in [5.74, 6) is 0. The van der Waals surface area contributed by atoms with Crippen molar-refractivity contribution in [2.45, 2.75) is 18.7 Å². The van der Waals surface area contributed by atoms with Crippen molar-refractivity contribution in [3.05, 3.63) is 59.4 Å². The number of benzene rings is 1. The molecule has 92 valence electrons. The first-order chi connectivity index (χ1) is 8.67. The molecule has 4 heteroatoms. The molecule has 3 nitrogen and oxygen atoms in total. The van der Waals surface area contributed by atoms with Gasteiger partial charge in [0.25, 0.3) is 0 Å². The Morgan fingerprint density at radius 1 is 1.17 bits per heavy atom. The number of hydrazone groups is 1. The van der Waals surface area contributed by atoms with Gasteiger partial charge in [0.1, 0.15) is 9.91 Å². The van der Waals surface area contributed by atoms with Crippen LogP contribution in [-0.2, 0) is 4.87 Å². The van der Waals surface area contributed by atoms with Gasteiger partial charge in [0.15, 0.2) is 0 Å². The first-order valence-corrected chi connectivity index (χ1v) is 6.74. The van der Waals surface area contributed by atoms with Crippen molar-refractivity contribution in [3.63, 3.8) is 0 Å². The molecule has 1 aromatic carbocycles. The van der Waals surface area contributed by atoms with Crippen LogP contribution >= 0.6 is 11.8 Å². The molecule has 0 amide bonds. The predicted octanol–water partition coefficient (Wildman–Crippen LogP) is 3.19. The Labute approximate surface area is 111 Å². The fraction of sp³-hybridized carbons (Fsp3) is 0.214. The van der Waals surface area contributed by atoms with Crippen LogP contribution in [0, 0.1) is 6.92 Å². The van der Waals surface area contributed by atoms with Gasteiger partial charge >= 0.3 is 0 Å². The number of rotatable bonds is 2. The molecule has 0 saturated carbocycles. The van der Waals surface area contributed by atoms with Crippen molar-refractivity contribution in [1.82, 2.24) is 10.4 Å². The van der Waals surface area contributed by atoms with Crippen molar-refractivity contribution >= 4 is 16.8 Å². The molecule has 0 spiro atoms. The van der Waals surface area contributed by atoms with E-state index >= 15 is 0 Å². The highest BCUT2D eigenvalue weighted by Gasteiger charge is 2.35. The molecular formula is C14H15N3S. The van der Waals surface area contributed by atoms with Gasteiger partial charge in [-0.25, -0.2) is 0 Å². The average Bonchev–Trinajstić information content (AvgIpc) is 3.00. The SMILES string of the molecule is Cc1ccc(C2=NNC(C)(c3ccc[nH]3)S2)cc1. The number of H-pyrrole nitrogens is 1. The van der Waals surface area contributed by atoms with E-state index in [4.69, 9.17) is 0 Å². The predicted molar refractivity (Wildman–Crippen MR) is 76.6 cm³/mol. The van der Waals surface area contributed by atoms with Gasteiger partial charge in [0.05, 0.1) is 5.69 Å². The van der Waals surface area contributed by atoms with Crippen molar-refractivity contribution in [2.24, 2.45) is 5.10 Å². The van der Waals surface area contributed by atoms with E-state index in [0.29, 0.717) is 0 Å². The zero-order valence-electron chi connectivity index (χ0n) is 10.4. The minimum Gasteiger partial charge on any atom is -0.362 e. The summed E-state index contributed by atoms with van der Waals surface area (Å²) in [5, 5.41) is 5.49. The molecule has 0 radical (unpaired) electrons. The van der Waals surface area contributed by atoms with Crippen molar-refractivity contribution in [1.29, 1.82) is 0 Å². The standard InChI is InChI=1S/C14H15N3S/c1-10-5-7-11(8-6-10)13-16-17-14(2,18-13)12-4-3-9-15-12/h3-9,15,17H,1-2H3. The second-order valence-corrected chi connectivity index (χ2v) is 6.02. The summed E-state index contributed by atoms with van der Waals surface area (Å²) >= 11 is 1.74. The summed E-state index contributed by atoms with van der Waals surface area (Å²) < 4.78 is 0. The summed E-state index contributed by atoms with van der Waals surface area (Å²) in [6, 6.07) is 12.5. The van der Waals surface area contributed by atoms with Crippen molar-refractivity contribution < 1.29 is 0 Å². The van der Waals surface area contributed by atoms with Gasteiger partial charge < -0.3 is 4.98 Å². The van der Waals surface area contributed by atoms with Crippen LogP contribution in [0.1, 0.15) is 23.7 Å². The lowest BCUT2D eigenvalue weighted by Crippen LogP contribution is -2.29. The molecule has 18 heavy (non-hydrogen) atoms. The average molecular weight is 257 g/mol. The third-order valence-electron chi connectivity index (χ3n) is 3.08. The molecule has 1 aromatic heterocycles. The molecule has 0 aliphatic carbocycles. The Hall–Kier alpha value is -1.68. The summed E-state index contributed by atoms with van der Waals surface area (Å²) in [6.07, 6.45) is 1.94. The first kappa shape index (κ1) is 11.4. The summed E-state index contributed by atoms with van der Waals surface area (Å²) in [5.41, 5.74) is 6.78. The van der Waals surface area contributed by atoms with Crippen molar-refractivity contribution in [3.8, 4) is 0 Å². The van der Waals surface area contributed by atoms with E-state index in [1.54, 1.807) is 11.8 Å². The van der Waals surface area contributed by atoms with E-state index < -0.39 is 0 Å². The van der Waals surface area contributed by atoms with Gasteiger partial charge in [0.2, 0.25) is 0 Å². The van der Waals surface area contributed by atoms with Crippen LogP contribution in [0.15, 0.2) is 47.7 Å². The molecule has 0 fully saturated rings. The summed E-state index contributed by atoms with van der Waals surface area (Å²) in [4.78, 5) is 3.04. The van der Waals surface area contributed by atoms with Gasteiger partial charge in [-0.15, -0.1) is 0 Å². The maximum Gasteiger partial charge on any atom is 0.143 e. The third kappa shape index (κ3) is 1.93. The maximum atomic E-state index is 4.45. The number of aromatic nitrogens is 1. The Balaban J connectivity index is 1.84. The third-order valence-corrected chi connectivity index (χ3v) is 4.32.